The van der Waals surface area contributed by atoms with E-state index in [-0.39, 0.29) is 0 Å². The summed E-state index contributed by atoms with van der Waals surface area (Å²) >= 11 is 0. The average Bonchev–Trinajstić information content (AvgIpc) is 2.48. The Bertz CT molecular complexity index is 546. The zero-order valence-electron chi connectivity index (χ0n) is 11.5. The predicted molar refractivity (Wildman–Crippen MR) is 78.0 cm³/mol. The third kappa shape index (κ3) is 3.85. The van der Waals surface area contributed by atoms with Gasteiger partial charge in [0.05, 0.1) is 13.0 Å². The molecular formula is C17H18O3. The maximum Gasteiger partial charge on any atom is 0.307 e. The molecule has 0 saturated heterocycles. The highest BCUT2D eigenvalue weighted by Crippen LogP contribution is 2.18. The molecule has 2 rings (SSSR count). The largest absolute Gasteiger partial charge is 0.497 e. The highest BCUT2D eigenvalue weighted by Gasteiger charge is 2.18. The highest BCUT2D eigenvalue weighted by molar-refractivity contribution is 5.70. The molecule has 0 aliphatic rings. The van der Waals surface area contributed by atoms with Crippen LogP contribution in [0.4, 0.5) is 0 Å². The second-order valence-corrected chi connectivity index (χ2v) is 4.78. The summed E-state index contributed by atoms with van der Waals surface area (Å²) < 4.78 is 5.10. The Kier molecular flexibility index (Phi) is 4.77. The second-order valence-electron chi connectivity index (χ2n) is 4.78. The molecule has 2 aromatic carbocycles. The van der Waals surface area contributed by atoms with Crippen molar-refractivity contribution in [2.75, 3.05) is 7.11 Å². The average molecular weight is 270 g/mol. The van der Waals surface area contributed by atoms with Crippen molar-refractivity contribution in [3.63, 3.8) is 0 Å². The molecular weight excluding hydrogens is 252 g/mol. The predicted octanol–water partition coefficient (Wildman–Crippen LogP) is 3.18. The van der Waals surface area contributed by atoms with Crippen LogP contribution in [0.1, 0.15) is 11.1 Å². The van der Waals surface area contributed by atoms with Gasteiger partial charge in [-0.3, -0.25) is 4.79 Å². The van der Waals surface area contributed by atoms with Crippen LogP contribution in [-0.2, 0) is 17.6 Å². The van der Waals surface area contributed by atoms with E-state index in [0.29, 0.717) is 12.8 Å². The fourth-order valence-corrected chi connectivity index (χ4v) is 2.19. The van der Waals surface area contributed by atoms with Crippen LogP contribution >= 0.6 is 0 Å². The topological polar surface area (TPSA) is 46.5 Å². The van der Waals surface area contributed by atoms with Crippen molar-refractivity contribution in [3.8, 4) is 5.75 Å². The smallest absolute Gasteiger partial charge is 0.307 e. The lowest BCUT2D eigenvalue weighted by molar-refractivity contribution is -0.141. The number of ether oxygens (including phenoxy) is 1. The molecule has 0 aliphatic heterocycles. The Morgan fingerprint density at radius 3 is 2.05 bits per heavy atom. The molecule has 1 atom stereocenters. The summed E-state index contributed by atoms with van der Waals surface area (Å²) in [4.78, 5) is 11.4. The quantitative estimate of drug-likeness (QED) is 0.877. The van der Waals surface area contributed by atoms with Crippen LogP contribution in [-0.4, -0.2) is 18.2 Å². The number of carboxylic acid groups (broad SMARTS) is 1. The fourth-order valence-electron chi connectivity index (χ4n) is 2.19. The van der Waals surface area contributed by atoms with E-state index in [1.54, 1.807) is 7.11 Å². The third-order valence-electron chi connectivity index (χ3n) is 3.32. The van der Waals surface area contributed by atoms with Crippen molar-refractivity contribution in [1.82, 2.24) is 0 Å². The Labute approximate surface area is 118 Å². The summed E-state index contributed by atoms with van der Waals surface area (Å²) in [5.74, 6) is -0.390. The van der Waals surface area contributed by atoms with E-state index in [1.165, 1.54) is 0 Å². The van der Waals surface area contributed by atoms with Gasteiger partial charge in [0.2, 0.25) is 0 Å². The minimum atomic E-state index is -0.760. The van der Waals surface area contributed by atoms with Crippen molar-refractivity contribution < 1.29 is 14.6 Å². The molecule has 1 unspecified atom stereocenters. The maximum atomic E-state index is 11.4. The standard InChI is InChI=1S/C17H18O3/c1-20-16-9-7-14(8-10-16)12-15(17(18)19)11-13-5-3-2-4-6-13/h2-10,15H,11-12H2,1H3,(H,18,19). The van der Waals surface area contributed by atoms with Crippen LogP contribution in [0.15, 0.2) is 54.6 Å². The first kappa shape index (κ1) is 14.1. The summed E-state index contributed by atoms with van der Waals surface area (Å²) in [5.41, 5.74) is 2.06. The highest BCUT2D eigenvalue weighted by atomic mass is 16.5. The number of carboxylic acids is 1. The number of hydrogen-bond donors (Lipinski definition) is 1. The molecule has 0 radical (unpaired) electrons. The van der Waals surface area contributed by atoms with E-state index in [1.807, 2.05) is 54.6 Å². The number of methoxy groups -OCH3 is 1. The molecule has 0 bridgehead atoms. The molecule has 0 saturated carbocycles. The van der Waals surface area contributed by atoms with Gasteiger partial charge in [-0.1, -0.05) is 42.5 Å². The Hall–Kier alpha value is -2.29. The lowest BCUT2D eigenvalue weighted by atomic mass is 9.92. The number of benzene rings is 2. The molecule has 0 fully saturated rings. The summed E-state index contributed by atoms with van der Waals surface area (Å²) in [7, 11) is 1.62. The van der Waals surface area contributed by atoms with Crippen LogP contribution in [0.5, 0.6) is 5.75 Å². The lowest BCUT2D eigenvalue weighted by Crippen LogP contribution is -2.19. The fraction of sp³-hybridized carbons (Fsp3) is 0.235. The van der Waals surface area contributed by atoms with Gasteiger partial charge in [-0.2, -0.15) is 0 Å². The third-order valence-corrected chi connectivity index (χ3v) is 3.32. The minimum Gasteiger partial charge on any atom is -0.497 e. The second kappa shape index (κ2) is 6.75. The van der Waals surface area contributed by atoms with Gasteiger partial charge in [0.1, 0.15) is 5.75 Å². The van der Waals surface area contributed by atoms with E-state index in [4.69, 9.17) is 4.74 Å². The normalized spacial score (nSPS) is 11.8. The lowest BCUT2D eigenvalue weighted by Gasteiger charge is -2.13. The number of hydrogen-bond acceptors (Lipinski definition) is 2. The number of rotatable bonds is 6. The Morgan fingerprint density at radius 1 is 1.00 bits per heavy atom. The molecule has 1 N–H and O–H groups in total. The number of aliphatic carboxylic acids is 1. The van der Waals surface area contributed by atoms with Crippen molar-refractivity contribution in [1.29, 1.82) is 0 Å². The van der Waals surface area contributed by atoms with E-state index >= 15 is 0 Å². The first-order chi connectivity index (χ1) is 9.69. The van der Waals surface area contributed by atoms with Crippen molar-refractivity contribution in [3.05, 3.63) is 65.7 Å². The summed E-state index contributed by atoms with van der Waals surface area (Å²) in [5, 5.41) is 9.37. The summed E-state index contributed by atoms with van der Waals surface area (Å²) in [6.45, 7) is 0. The van der Waals surface area contributed by atoms with Crippen molar-refractivity contribution in [2.45, 2.75) is 12.8 Å². The molecule has 0 spiro atoms. The molecule has 0 aliphatic carbocycles. The monoisotopic (exact) mass is 270 g/mol. The van der Waals surface area contributed by atoms with Crippen molar-refractivity contribution >= 4 is 5.97 Å². The van der Waals surface area contributed by atoms with Gasteiger partial charge in [0.15, 0.2) is 0 Å². The first-order valence-corrected chi connectivity index (χ1v) is 6.58. The van der Waals surface area contributed by atoms with E-state index in [9.17, 15) is 9.90 Å². The molecule has 3 nitrogen and oxygen atoms in total. The zero-order chi connectivity index (χ0) is 14.4. The summed E-state index contributed by atoms with van der Waals surface area (Å²) in [6.07, 6.45) is 1.07. The Morgan fingerprint density at radius 2 is 1.55 bits per heavy atom. The summed E-state index contributed by atoms with van der Waals surface area (Å²) in [6, 6.07) is 17.3. The number of carbonyl (C=O) groups is 1. The van der Waals surface area contributed by atoms with Gasteiger partial charge < -0.3 is 9.84 Å². The van der Waals surface area contributed by atoms with Gasteiger partial charge >= 0.3 is 5.97 Å². The van der Waals surface area contributed by atoms with E-state index in [2.05, 4.69) is 0 Å². The minimum absolute atomic E-state index is 0.411. The van der Waals surface area contributed by atoms with Crippen LogP contribution in [0.2, 0.25) is 0 Å². The van der Waals surface area contributed by atoms with Gasteiger partial charge in [0.25, 0.3) is 0 Å². The van der Waals surface area contributed by atoms with Crippen molar-refractivity contribution in [2.24, 2.45) is 5.92 Å². The van der Waals surface area contributed by atoms with Crippen LogP contribution in [0.25, 0.3) is 0 Å². The molecule has 104 valence electrons. The van der Waals surface area contributed by atoms with Gasteiger partial charge in [-0.05, 0) is 36.1 Å². The van der Waals surface area contributed by atoms with Crippen LogP contribution in [0, 0.1) is 5.92 Å². The van der Waals surface area contributed by atoms with Crippen LogP contribution in [0.3, 0.4) is 0 Å². The molecule has 0 aromatic heterocycles. The zero-order valence-corrected chi connectivity index (χ0v) is 11.5. The van der Waals surface area contributed by atoms with Gasteiger partial charge in [-0.15, -0.1) is 0 Å². The molecule has 0 heterocycles. The van der Waals surface area contributed by atoms with E-state index < -0.39 is 11.9 Å². The molecule has 3 heteroatoms. The van der Waals surface area contributed by atoms with E-state index in [0.717, 1.165) is 16.9 Å². The first-order valence-electron chi connectivity index (χ1n) is 6.58. The molecule has 20 heavy (non-hydrogen) atoms. The maximum absolute atomic E-state index is 11.4. The van der Waals surface area contributed by atoms with Gasteiger partial charge in [0, 0.05) is 0 Å². The molecule has 0 amide bonds. The van der Waals surface area contributed by atoms with Crippen LogP contribution < -0.4 is 4.74 Å². The Balaban J connectivity index is 2.07. The molecule has 2 aromatic rings. The van der Waals surface area contributed by atoms with Gasteiger partial charge in [-0.25, -0.2) is 0 Å². The SMILES string of the molecule is COc1ccc(CC(Cc2ccccc2)C(=O)O)cc1.